The van der Waals surface area contributed by atoms with Gasteiger partial charge in [0.2, 0.25) is 0 Å². The molecule has 1 atom stereocenters. The maximum Gasteiger partial charge on any atom is 0.105 e. The van der Waals surface area contributed by atoms with Crippen LogP contribution < -0.4 is 5.73 Å². The van der Waals surface area contributed by atoms with Gasteiger partial charge in [0.1, 0.15) is 5.76 Å². The third-order valence-corrected chi connectivity index (χ3v) is 3.97. The third kappa shape index (κ3) is 3.23. The molecule has 4 heteroatoms. The van der Waals surface area contributed by atoms with Gasteiger partial charge in [-0.05, 0) is 50.2 Å². The Labute approximate surface area is 125 Å². The number of nitrogens with two attached hydrogens (primary N) is 1. The number of rotatable bonds is 5. The molecule has 0 aliphatic rings. The minimum Gasteiger partial charge on any atom is -0.469 e. The first-order valence-electron chi connectivity index (χ1n) is 6.72. The highest BCUT2D eigenvalue weighted by molar-refractivity contribution is 6.30. The summed E-state index contributed by atoms with van der Waals surface area (Å²) in [6, 6.07) is 8.14. The lowest BCUT2D eigenvalue weighted by Crippen LogP contribution is -2.30. The molecule has 0 fully saturated rings. The van der Waals surface area contributed by atoms with Gasteiger partial charge in [0.15, 0.2) is 0 Å². The van der Waals surface area contributed by atoms with Gasteiger partial charge in [0.05, 0.1) is 6.26 Å². The van der Waals surface area contributed by atoms with E-state index in [0.717, 1.165) is 17.3 Å². The molecule has 3 nitrogen and oxygen atoms in total. The Hall–Kier alpha value is -1.29. The van der Waals surface area contributed by atoms with Gasteiger partial charge in [0, 0.05) is 29.7 Å². The number of hydrogen-bond acceptors (Lipinski definition) is 3. The first-order valence-corrected chi connectivity index (χ1v) is 7.10. The Bertz CT molecular complexity index is 580. The van der Waals surface area contributed by atoms with Crippen molar-refractivity contribution in [2.75, 3.05) is 13.6 Å². The van der Waals surface area contributed by atoms with Gasteiger partial charge in [-0.15, -0.1) is 0 Å². The average Bonchev–Trinajstić information content (AvgIpc) is 2.78. The number of hydrogen-bond donors (Lipinski definition) is 1. The molecule has 2 aromatic rings. The van der Waals surface area contributed by atoms with E-state index in [0.29, 0.717) is 6.54 Å². The lowest BCUT2D eigenvalue weighted by Gasteiger charge is -2.28. The van der Waals surface area contributed by atoms with Crippen LogP contribution in [0.4, 0.5) is 0 Å². The van der Waals surface area contributed by atoms with Crippen molar-refractivity contribution in [2.45, 2.75) is 26.4 Å². The molecule has 1 heterocycles. The van der Waals surface area contributed by atoms with Gasteiger partial charge in [-0.3, -0.25) is 4.90 Å². The molecule has 2 N–H and O–H groups in total. The highest BCUT2D eigenvalue weighted by atomic mass is 35.5. The first-order chi connectivity index (χ1) is 9.52. The second kappa shape index (κ2) is 6.44. The van der Waals surface area contributed by atoms with E-state index in [1.54, 1.807) is 6.26 Å². The summed E-state index contributed by atoms with van der Waals surface area (Å²) in [7, 11) is 2.08. The molecular weight excluding hydrogens is 272 g/mol. The fourth-order valence-corrected chi connectivity index (χ4v) is 2.74. The second-order valence-corrected chi connectivity index (χ2v) is 5.61. The molecule has 0 saturated heterocycles. The van der Waals surface area contributed by atoms with Gasteiger partial charge < -0.3 is 10.2 Å². The highest BCUT2D eigenvalue weighted by Crippen LogP contribution is 2.26. The van der Waals surface area contributed by atoms with Crippen LogP contribution in [0.3, 0.4) is 0 Å². The van der Waals surface area contributed by atoms with Gasteiger partial charge in [-0.2, -0.15) is 0 Å². The van der Waals surface area contributed by atoms with Gasteiger partial charge >= 0.3 is 0 Å². The predicted octanol–water partition coefficient (Wildman–Crippen LogP) is 3.68. The Morgan fingerprint density at radius 3 is 2.60 bits per heavy atom. The molecule has 0 aliphatic heterocycles. The van der Waals surface area contributed by atoms with Crippen molar-refractivity contribution in [1.29, 1.82) is 0 Å². The van der Waals surface area contributed by atoms with Gasteiger partial charge in [-0.1, -0.05) is 17.7 Å². The topological polar surface area (TPSA) is 42.4 Å². The molecule has 2 rings (SSSR count). The highest BCUT2D eigenvalue weighted by Gasteiger charge is 2.18. The molecule has 0 saturated carbocycles. The van der Waals surface area contributed by atoms with Crippen molar-refractivity contribution in [3.8, 4) is 0 Å². The Morgan fingerprint density at radius 2 is 2.05 bits per heavy atom. The van der Waals surface area contributed by atoms with Crippen molar-refractivity contribution in [1.82, 2.24) is 4.90 Å². The number of benzene rings is 1. The lowest BCUT2D eigenvalue weighted by molar-refractivity contribution is 0.239. The minimum absolute atomic E-state index is 0.168. The van der Waals surface area contributed by atoms with E-state index < -0.39 is 0 Å². The van der Waals surface area contributed by atoms with Crippen LogP contribution in [-0.2, 0) is 6.54 Å². The smallest absolute Gasteiger partial charge is 0.105 e. The molecule has 1 unspecified atom stereocenters. The first kappa shape index (κ1) is 15.1. The normalized spacial score (nSPS) is 12.9. The van der Waals surface area contributed by atoms with Gasteiger partial charge in [-0.25, -0.2) is 0 Å². The summed E-state index contributed by atoms with van der Waals surface area (Å²) >= 11 is 6.02. The van der Waals surface area contributed by atoms with Crippen LogP contribution in [-0.4, -0.2) is 18.5 Å². The zero-order valence-electron chi connectivity index (χ0n) is 12.2. The van der Waals surface area contributed by atoms with Crippen molar-refractivity contribution >= 4 is 11.6 Å². The Morgan fingerprint density at radius 1 is 1.30 bits per heavy atom. The molecule has 20 heavy (non-hydrogen) atoms. The van der Waals surface area contributed by atoms with E-state index in [1.165, 1.54) is 16.7 Å². The molecule has 0 aliphatic carbocycles. The van der Waals surface area contributed by atoms with E-state index in [9.17, 15) is 0 Å². The van der Waals surface area contributed by atoms with Crippen LogP contribution in [0.2, 0.25) is 5.02 Å². The van der Waals surface area contributed by atoms with Crippen molar-refractivity contribution in [2.24, 2.45) is 5.73 Å². The standard InChI is InChI=1S/C16H21ClN2O/c1-11-8-14(17)4-5-15(11)16(9-18)19(3)10-13-6-7-20-12(13)2/h4-8,16H,9-10,18H2,1-3H3. The molecule has 0 radical (unpaired) electrons. The Balaban J connectivity index is 2.21. The molecule has 0 spiro atoms. The monoisotopic (exact) mass is 292 g/mol. The Kier molecular flexibility index (Phi) is 4.86. The number of nitrogens with zero attached hydrogens (tertiary/aromatic N) is 1. The summed E-state index contributed by atoms with van der Waals surface area (Å²) in [6.45, 7) is 5.43. The van der Waals surface area contributed by atoms with Crippen LogP contribution >= 0.6 is 11.6 Å². The molecule has 1 aromatic heterocycles. The van der Waals surface area contributed by atoms with Crippen LogP contribution in [0.5, 0.6) is 0 Å². The van der Waals surface area contributed by atoms with Crippen molar-refractivity contribution in [3.63, 3.8) is 0 Å². The van der Waals surface area contributed by atoms with E-state index in [2.05, 4.69) is 24.9 Å². The third-order valence-electron chi connectivity index (χ3n) is 3.73. The van der Waals surface area contributed by atoms with E-state index in [4.69, 9.17) is 21.8 Å². The number of halogens is 1. The molecule has 1 aromatic carbocycles. The molecule has 108 valence electrons. The average molecular weight is 293 g/mol. The summed E-state index contributed by atoms with van der Waals surface area (Å²) in [5.41, 5.74) is 9.57. The van der Waals surface area contributed by atoms with Gasteiger partial charge in [0.25, 0.3) is 0 Å². The van der Waals surface area contributed by atoms with E-state index in [-0.39, 0.29) is 6.04 Å². The van der Waals surface area contributed by atoms with Crippen LogP contribution in [0.1, 0.15) is 28.5 Å². The van der Waals surface area contributed by atoms with E-state index >= 15 is 0 Å². The number of likely N-dealkylation sites (N-methyl/N-ethyl adjacent to an activating group) is 1. The fraction of sp³-hybridized carbons (Fsp3) is 0.375. The summed E-state index contributed by atoms with van der Waals surface area (Å²) in [5.74, 6) is 0.959. The molecule has 0 amide bonds. The fourth-order valence-electron chi connectivity index (χ4n) is 2.51. The lowest BCUT2D eigenvalue weighted by atomic mass is 10.00. The predicted molar refractivity (Wildman–Crippen MR) is 82.9 cm³/mol. The van der Waals surface area contributed by atoms with Crippen molar-refractivity contribution < 1.29 is 4.42 Å². The van der Waals surface area contributed by atoms with Crippen LogP contribution in [0, 0.1) is 13.8 Å². The summed E-state index contributed by atoms with van der Waals surface area (Å²) in [5, 5.41) is 0.760. The molecule has 0 bridgehead atoms. The van der Waals surface area contributed by atoms with E-state index in [1.807, 2.05) is 25.1 Å². The maximum atomic E-state index is 6.02. The quantitative estimate of drug-likeness (QED) is 0.914. The zero-order valence-corrected chi connectivity index (χ0v) is 12.9. The summed E-state index contributed by atoms with van der Waals surface area (Å²) < 4.78 is 5.35. The van der Waals surface area contributed by atoms with Crippen LogP contribution in [0.15, 0.2) is 34.9 Å². The maximum absolute atomic E-state index is 6.02. The molecular formula is C16H21ClN2O. The summed E-state index contributed by atoms with van der Waals surface area (Å²) in [4.78, 5) is 2.24. The second-order valence-electron chi connectivity index (χ2n) is 5.17. The SMILES string of the molecule is Cc1cc(Cl)ccc1C(CN)N(C)Cc1ccoc1C. The zero-order chi connectivity index (χ0) is 14.7. The summed E-state index contributed by atoms with van der Waals surface area (Å²) in [6.07, 6.45) is 1.73. The largest absolute Gasteiger partial charge is 0.469 e. The number of furan rings is 1. The van der Waals surface area contributed by atoms with Crippen LogP contribution in [0.25, 0.3) is 0 Å². The van der Waals surface area contributed by atoms with Crippen molar-refractivity contribution in [3.05, 3.63) is 58.0 Å². The minimum atomic E-state index is 0.168. The number of aryl methyl sites for hydroxylation is 2.